The lowest BCUT2D eigenvalue weighted by atomic mass is 9.57. The van der Waals surface area contributed by atoms with E-state index in [1.165, 1.54) is 30.4 Å². The normalized spacial score (nSPS) is 25.5. The Morgan fingerprint density at radius 1 is 1.29 bits per heavy atom. The van der Waals surface area contributed by atoms with Gasteiger partial charge in [-0.3, -0.25) is 0 Å². The average molecular weight is 289 g/mol. The van der Waals surface area contributed by atoms with Crippen LogP contribution in [0.25, 0.3) is 0 Å². The van der Waals surface area contributed by atoms with Crippen LogP contribution in [0.15, 0.2) is 18.2 Å². The molecule has 1 aromatic rings. The van der Waals surface area contributed by atoms with Crippen LogP contribution in [0, 0.1) is 12.8 Å². The lowest BCUT2D eigenvalue weighted by Gasteiger charge is -2.49. The van der Waals surface area contributed by atoms with Gasteiger partial charge in [0, 0.05) is 17.5 Å². The minimum atomic E-state index is 0.166. The molecule has 0 saturated heterocycles. The molecule has 2 rings (SSSR count). The Balaban J connectivity index is 2.24. The average Bonchev–Trinajstić information content (AvgIpc) is 2.38. The van der Waals surface area contributed by atoms with Gasteiger partial charge in [-0.25, -0.2) is 0 Å². The van der Waals surface area contributed by atoms with E-state index in [1.54, 1.807) is 7.11 Å². The summed E-state index contributed by atoms with van der Waals surface area (Å²) in [5.74, 6) is 1.89. The maximum Gasteiger partial charge on any atom is 0.122 e. The van der Waals surface area contributed by atoms with Gasteiger partial charge in [-0.15, -0.1) is 0 Å². The molecule has 1 saturated carbocycles. The molecule has 0 bridgehead atoms. The highest BCUT2D eigenvalue weighted by atomic mass is 16.5. The Morgan fingerprint density at radius 3 is 2.48 bits per heavy atom. The highest BCUT2D eigenvalue weighted by molar-refractivity contribution is 5.41. The van der Waals surface area contributed by atoms with Gasteiger partial charge in [-0.2, -0.15) is 0 Å². The Kier molecular flexibility index (Phi) is 4.67. The standard InChI is InChI=1S/C19H31NO/c1-7-15-11-19(12-15,13-20-18(3,4)5)16-9-8-14(2)17(10-16)21-6/h8-10,15,20H,7,11-13H2,1-6H3. The van der Waals surface area contributed by atoms with Gasteiger partial charge in [0.25, 0.3) is 0 Å². The van der Waals surface area contributed by atoms with Crippen LogP contribution in [-0.4, -0.2) is 19.2 Å². The first-order chi connectivity index (χ1) is 9.79. The van der Waals surface area contributed by atoms with Crippen LogP contribution in [-0.2, 0) is 5.41 Å². The van der Waals surface area contributed by atoms with Crippen molar-refractivity contribution in [3.8, 4) is 5.75 Å². The van der Waals surface area contributed by atoms with Gasteiger partial charge in [-0.05, 0) is 63.6 Å². The predicted octanol–water partition coefficient (Wildman–Crippen LogP) is 4.45. The number of ether oxygens (including phenoxy) is 1. The fraction of sp³-hybridized carbons (Fsp3) is 0.684. The quantitative estimate of drug-likeness (QED) is 0.864. The second-order valence-corrected chi connectivity index (χ2v) is 7.75. The third-order valence-electron chi connectivity index (χ3n) is 4.91. The monoisotopic (exact) mass is 289 g/mol. The number of aryl methyl sites for hydroxylation is 1. The van der Waals surface area contributed by atoms with Gasteiger partial charge in [0.2, 0.25) is 0 Å². The topological polar surface area (TPSA) is 21.3 Å². The Hall–Kier alpha value is -1.02. The summed E-state index contributed by atoms with van der Waals surface area (Å²) in [6.07, 6.45) is 3.87. The molecule has 1 aliphatic rings. The number of nitrogens with one attached hydrogen (secondary N) is 1. The van der Waals surface area contributed by atoms with E-state index in [2.05, 4.69) is 58.1 Å². The first-order valence-corrected chi connectivity index (χ1v) is 8.20. The molecular weight excluding hydrogens is 258 g/mol. The molecule has 118 valence electrons. The van der Waals surface area contributed by atoms with Crippen molar-refractivity contribution in [1.29, 1.82) is 0 Å². The molecule has 21 heavy (non-hydrogen) atoms. The van der Waals surface area contributed by atoms with E-state index >= 15 is 0 Å². The molecule has 0 heterocycles. The molecular formula is C19H31NO. The lowest BCUT2D eigenvalue weighted by molar-refractivity contribution is 0.124. The molecule has 1 fully saturated rings. The molecule has 0 spiro atoms. The van der Waals surface area contributed by atoms with Gasteiger partial charge in [0.1, 0.15) is 5.75 Å². The van der Waals surface area contributed by atoms with Crippen molar-refractivity contribution in [2.45, 2.75) is 64.8 Å². The van der Waals surface area contributed by atoms with E-state index in [9.17, 15) is 0 Å². The molecule has 0 unspecified atom stereocenters. The van der Waals surface area contributed by atoms with Gasteiger partial charge in [0.15, 0.2) is 0 Å². The van der Waals surface area contributed by atoms with Crippen LogP contribution in [0.2, 0.25) is 0 Å². The first-order valence-electron chi connectivity index (χ1n) is 8.20. The van der Waals surface area contributed by atoms with Gasteiger partial charge >= 0.3 is 0 Å². The molecule has 0 aromatic heterocycles. The van der Waals surface area contributed by atoms with E-state index in [-0.39, 0.29) is 11.0 Å². The molecule has 1 aliphatic carbocycles. The first kappa shape index (κ1) is 16.4. The molecule has 0 aliphatic heterocycles. The summed E-state index contributed by atoms with van der Waals surface area (Å²) in [6, 6.07) is 6.76. The molecule has 2 heteroatoms. The highest BCUT2D eigenvalue weighted by Gasteiger charge is 2.45. The summed E-state index contributed by atoms with van der Waals surface area (Å²) in [6.45, 7) is 12.2. The third kappa shape index (κ3) is 3.60. The van der Waals surface area contributed by atoms with Crippen LogP contribution in [0.5, 0.6) is 5.75 Å². The second-order valence-electron chi connectivity index (χ2n) is 7.75. The summed E-state index contributed by atoms with van der Waals surface area (Å²) in [7, 11) is 1.77. The fourth-order valence-corrected chi connectivity index (χ4v) is 3.40. The maximum atomic E-state index is 5.53. The van der Waals surface area contributed by atoms with Gasteiger partial charge < -0.3 is 10.1 Å². The van der Waals surface area contributed by atoms with Crippen molar-refractivity contribution >= 4 is 0 Å². The minimum Gasteiger partial charge on any atom is -0.496 e. The van der Waals surface area contributed by atoms with E-state index in [0.717, 1.165) is 18.2 Å². The van der Waals surface area contributed by atoms with E-state index < -0.39 is 0 Å². The zero-order valence-corrected chi connectivity index (χ0v) is 14.5. The van der Waals surface area contributed by atoms with Crippen molar-refractivity contribution < 1.29 is 4.74 Å². The number of rotatable bonds is 5. The second kappa shape index (κ2) is 6.00. The number of hydrogen-bond donors (Lipinski definition) is 1. The van der Waals surface area contributed by atoms with Gasteiger partial charge in [-0.1, -0.05) is 25.5 Å². The van der Waals surface area contributed by atoms with Crippen molar-refractivity contribution in [2.75, 3.05) is 13.7 Å². The van der Waals surface area contributed by atoms with Crippen LogP contribution < -0.4 is 10.1 Å². The van der Waals surface area contributed by atoms with Crippen molar-refractivity contribution in [2.24, 2.45) is 5.92 Å². The van der Waals surface area contributed by atoms with E-state index in [1.807, 2.05) is 0 Å². The van der Waals surface area contributed by atoms with Gasteiger partial charge in [0.05, 0.1) is 7.11 Å². The van der Waals surface area contributed by atoms with Crippen LogP contribution in [0.3, 0.4) is 0 Å². The largest absolute Gasteiger partial charge is 0.496 e. The summed E-state index contributed by atoms with van der Waals surface area (Å²) < 4.78 is 5.53. The Labute approximate surface area is 130 Å². The van der Waals surface area contributed by atoms with Crippen molar-refractivity contribution in [1.82, 2.24) is 5.32 Å². The molecule has 2 nitrogen and oxygen atoms in total. The summed E-state index contributed by atoms with van der Waals surface area (Å²) in [5, 5.41) is 3.72. The van der Waals surface area contributed by atoms with Crippen LogP contribution in [0.1, 0.15) is 58.1 Å². The predicted molar refractivity (Wildman–Crippen MR) is 90.2 cm³/mol. The molecule has 0 amide bonds. The molecule has 1 aromatic carbocycles. The van der Waals surface area contributed by atoms with Crippen LogP contribution >= 0.6 is 0 Å². The number of hydrogen-bond acceptors (Lipinski definition) is 2. The highest BCUT2D eigenvalue weighted by Crippen LogP contribution is 2.49. The van der Waals surface area contributed by atoms with E-state index in [0.29, 0.717) is 0 Å². The number of benzene rings is 1. The Morgan fingerprint density at radius 2 is 1.95 bits per heavy atom. The zero-order valence-electron chi connectivity index (χ0n) is 14.5. The summed E-state index contributed by atoms with van der Waals surface area (Å²) in [5.41, 5.74) is 3.10. The fourth-order valence-electron chi connectivity index (χ4n) is 3.40. The smallest absolute Gasteiger partial charge is 0.122 e. The third-order valence-corrected chi connectivity index (χ3v) is 4.91. The molecule has 0 atom stereocenters. The number of methoxy groups -OCH3 is 1. The molecule has 0 radical (unpaired) electrons. The molecule has 1 N–H and O–H groups in total. The lowest BCUT2D eigenvalue weighted by Crippen LogP contribution is -2.52. The SMILES string of the molecule is CCC1CC(CNC(C)(C)C)(c2ccc(C)c(OC)c2)C1. The zero-order chi connectivity index (χ0) is 15.7. The van der Waals surface area contributed by atoms with Crippen molar-refractivity contribution in [3.05, 3.63) is 29.3 Å². The maximum absolute atomic E-state index is 5.53. The summed E-state index contributed by atoms with van der Waals surface area (Å²) >= 11 is 0. The van der Waals surface area contributed by atoms with Crippen LogP contribution in [0.4, 0.5) is 0 Å². The Bertz CT molecular complexity index is 481. The van der Waals surface area contributed by atoms with Crippen molar-refractivity contribution in [3.63, 3.8) is 0 Å². The summed E-state index contributed by atoms with van der Waals surface area (Å²) in [4.78, 5) is 0. The minimum absolute atomic E-state index is 0.166. The van der Waals surface area contributed by atoms with E-state index in [4.69, 9.17) is 4.74 Å².